The zero-order chi connectivity index (χ0) is 23.3. The Morgan fingerprint density at radius 3 is 2.67 bits per heavy atom. The Balaban J connectivity index is 1.39. The summed E-state index contributed by atoms with van der Waals surface area (Å²) in [5.74, 6) is 0.198. The molecule has 0 aliphatic carbocycles. The standard InChI is InChI=1S/C24H27N3O4S2/c1-2-15-31-20-12-10-18(11-13-20)22-17-32-24(25-22)26-23(28)19-7-6-14-27(16-19)33(29,30)21-8-4-3-5-9-21/h3-5,8-13,17,19H,2,6-7,14-16H2,1H3,(H,25,26,28). The van der Waals surface area contributed by atoms with Gasteiger partial charge in [0, 0.05) is 24.0 Å². The number of anilines is 1. The van der Waals surface area contributed by atoms with E-state index in [9.17, 15) is 13.2 Å². The number of sulfonamides is 1. The number of hydrogen-bond donors (Lipinski definition) is 1. The molecule has 1 fully saturated rings. The highest BCUT2D eigenvalue weighted by Gasteiger charge is 2.33. The molecule has 174 valence electrons. The maximum atomic E-state index is 12.9. The molecule has 3 aromatic rings. The molecule has 0 bridgehead atoms. The van der Waals surface area contributed by atoms with Crippen LogP contribution >= 0.6 is 11.3 Å². The molecule has 4 rings (SSSR count). The first-order valence-corrected chi connectivity index (χ1v) is 13.3. The van der Waals surface area contributed by atoms with E-state index in [4.69, 9.17) is 4.74 Å². The highest BCUT2D eigenvalue weighted by atomic mass is 32.2. The third-order valence-corrected chi connectivity index (χ3v) is 8.13. The van der Waals surface area contributed by atoms with Crippen LogP contribution in [0, 0.1) is 5.92 Å². The van der Waals surface area contributed by atoms with Crippen LogP contribution in [-0.4, -0.2) is 43.3 Å². The lowest BCUT2D eigenvalue weighted by atomic mass is 9.99. The first kappa shape index (κ1) is 23.4. The number of hydrogen-bond acceptors (Lipinski definition) is 6. The van der Waals surface area contributed by atoms with Crippen molar-refractivity contribution in [1.82, 2.24) is 9.29 Å². The van der Waals surface area contributed by atoms with Gasteiger partial charge in [0.2, 0.25) is 15.9 Å². The largest absolute Gasteiger partial charge is 0.494 e. The predicted molar refractivity (Wildman–Crippen MR) is 130 cm³/mol. The van der Waals surface area contributed by atoms with E-state index in [2.05, 4.69) is 17.2 Å². The number of nitrogens with zero attached hydrogens (tertiary/aromatic N) is 2. The maximum absolute atomic E-state index is 12.9. The van der Waals surface area contributed by atoms with Crippen molar-refractivity contribution in [3.05, 3.63) is 60.0 Å². The molecule has 1 unspecified atom stereocenters. The second kappa shape index (κ2) is 10.5. The van der Waals surface area contributed by atoms with Gasteiger partial charge in [-0.05, 0) is 55.7 Å². The lowest BCUT2D eigenvalue weighted by Gasteiger charge is -2.31. The molecule has 0 radical (unpaired) electrons. The second-order valence-electron chi connectivity index (χ2n) is 7.92. The minimum atomic E-state index is -3.61. The summed E-state index contributed by atoms with van der Waals surface area (Å²) in [6, 6.07) is 16.1. The molecular formula is C24H27N3O4S2. The number of nitrogens with one attached hydrogen (secondary N) is 1. The average Bonchev–Trinajstić information content (AvgIpc) is 3.32. The third-order valence-electron chi connectivity index (χ3n) is 5.49. The lowest BCUT2D eigenvalue weighted by molar-refractivity contribution is -0.120. The normalized spacial score (nSPS) is 16.9. The van der Waals surface area contributed by atoms with Gasteiger partial charge in [-0.1, -0.05) is 25.1 Å². The number of ether oxygens (including phenoxy) is 1. The molecule has 1 aromatic heterocycles. The van der Waals surface area contributed by atoms with E-state index in [-0.39, 0.29) is 17.3 Å². The molecule has 2 heterocycles. The van der Waals surface area contributed by atoms with Crippen LogP contribution in [0.2, 0.25) is 0 Å². The number of aromatic nitrogens is 1. The molecule has 1 N–H and O–H groups in total. The first-order valence-electron chi connectivity index (χ1n) is 11.0. The van der Waals surface area contributed by atoms with E-state index in [1.54, 1.807) is 30.3 Å². The molecular weight excluding hydrogens is 458 g/mol. The summed E-state index contributed by atoms with van der Waals surface area (Å²) in [5.41, 5.74) is 1.71. The lowest BCUT2D eigenvalue weighted by Crippen LogP contribution is -2.43. The molecule has 1 aliphatic rings. The number of piperidine rings is 1. The fraction of sp³-hybridized carbons (Fsp3) is 0.333. The third kappa shape index (κ3) is 5.61. The second-order valence-corrected chi connectivity index (χ2v) is 10.7. The first-order chi connectivity index (χ1) is 16.0. The van der Waals surface area contributed by atoms with Gasteiger partial charge in [0.1, 0.15) is 5.75 Å². The molecule has 9 heteroatoms. The van der Waals surface area contributed by atoms with Gasteiger partial charge in [0.25, 0.3) is 0 Å². The molecule has 1 amide bonds. The smallest absolute Gasteiger partial charge is 0.243 e. The van der Waals surface area contributed by atoms with Crippen molar-refractivity contribution in [2.24, 2.45) is 5.92 Å². The van der Waals surface area contributed by atoms with Gasteiger partial charge in [0.15, 0.2) is 5.13 Å². The van der Waals surface area contributed by atoms with Gasteiger partial charge in [-0.3, -0.25) is 4.79 Å². The molecule has 1 saturated heterocycles. The molecule has 0 spiro atoms. The van der Waals surface area contributed by atoms with Crippen LogP contribution in [0.1, 0.15) is 26.2 Å². The summed E-state index contributed by atoms with van der Waals surface area (Å²) >= 11 is 1.35. The Morgan fingerprint density at radius 1 is 1.18 bits per heavy atom. The quantitative estimate of drug-likeness (QED) is 0.502. The predicted octanol–water partition coefficient (Wildman–Crippen LogP) is 4.64. The molecule has 0 saturated carbocycles. The van der Waals surface area contributed by atoms with Crippen molar-refractivity contribution >= 4 is 32.4 Å². The zero-order valence-electron chi connectivity index (χ0n) is 18.4. The van der Waals surface area contributed by atoms with Crippen LogP contribution in [0.4, 0.5) is 5.13 Å². The van der Waals surface area contributed by atoms with Crippen LogP contribution in [0.15, 0.2) is 64.9 Å². The van der Waals surface area contributed by atoms with Gasteiger partial charge in [-0.15, -0.1) is 11.3 Å². The zero-order valence-corrected chi connectivity index (χ0v) is 20.1. The summed E-state index contributed by atoms with van der Waals surface area (Å²) in [6.07, 6.45) is 2.23. The number of rotatable bonds is 8. The van der Waals surface area contributed by atoms with Gasteiger partial charge in [-0.25, -0.2) is 13.4 Å². The van der Waals surface area contributed by atoms with Crippen molar-refractivity contribution in [2.75, 3.05) is 25.0 Å². The van der Waals surface area contributed by atoms with Crippen molar-refractivity contribution in [1.29, 1.82) is 0 Å². The summed E-state index contributed by atoms with van der Waals surface area (Å²) in [6.45, 7) is 3.32. The Hall–Kier alpha value is -2.75. The Bertz CT molecular complexity index is 1180. The van der Waals surface area contributed by atoms with E-state index in [0.29, 0.717) is 31.1 Å². The van der Waals surface area contributed by atoms with Gasteiger partial charge in [0.05, 0.1) is 23.1 Å². The average molecular weight is 486 g/mol. The van der Waals surface area contributed by atoms with Crippen molar-refractivity contribution < 1.29 is 17.9 Å². The van der Waals surface area contributed by atoms with Gasteiger partial charge in [-0.2, -0.15) is 4.31 Å². The number of thiazole rings is 1. The molecule has 33 heavy (non-hydrogen) atoms. The van der Waals surface area contributed by atoms with E-state index in [0.717, 1.165) is 23.4 Å². The molecule has 2 aromatic carbocycles. The van der Waals surface area contributed by atoms with E-state index < -0.39 is 15.9 Å². The minimum Gasteiger partial charge on any atom is -0.494 e. The van der Waals surface area contributed by atoms with E-state index in [1.807, 2.05) is 29.6 Å². The molecule has 1 aliphatic heterocycles. The number of benzene rings is 2. The van der Waals surface area contributed by atoms with Crippen molar-refractivity contribution in [3.8, 4) is 17.0 Å². The summed E-state index contributed by atoms with van der Waals surface area (Å²) in [4.78, 5) is 17.7. The molecule has 1 atom stereocenters. The summed E-state index contributed by atoms with van der Waals surface area (Å²) in [7, 11) is -3.61. The summed E-state index contributed by atoms with van der Waals surface area (Å²) in [5, 5.41) is 5.27. The van der Waals surface area contributed by atoms with E-state index >= 15 is 0 Å². The Kier molecular flexibility index (Phi) is 7.42. The summed E-state index contributed by atoms with van der Waals surface area (Å²) < 4.78 is 32.9. The number of carbonyl (C=O) groups is 1. The Morgan fingerprint density at radius 2 is 1.94 bits per heavy atom. The minimum absolute atomic E-state index is 0.167. The molecule has 7 nitrogen and oxygen atoms in total. The maximum Gasteiger partial charge on any atom is 0.243 e. The number of carbonyl (C=O) groups excluding carboxylic acids is 1. The monoisotopic (exact) mass is 485 g/mol. The van der Waals surface area contributed by atoms with Crippen molar-refractivity contribution in [2.45, 2.75) is 31.1 Å². The van der Waals surface area contributed by atoms with Crippen LogP contribution in [0.25, 0.3) is 11.3 Å². The fourth-order valence-electron chi connectivity index (χ4n) is 3.73. The SMILES string of the molecule is CCCOc1ccc(-c2csc(NC(=O)C3CCCN(S(=O)(=O)c4ccccc4)C3)n2)cc1. The van der Waals surface area contributed by atoms with Crippen molar-refractivity contribution in [3.63, 3.8) is 0 Å². The van der Waals surface area contributed by atoms with Crippen LogP contribution in [-0.2, 0) is 14.8 Å². The topological polar surface area (TPSA) is 88.6 Å². The van der Waals surface area contributed by atoms with Crippen LogP contribution < -0.4 is 10.1 Å². The highest BCUT2D eigenvalue weighted by Crippen LogP contribution is 2.28. The van der Waals surface area contributed by atoms with Crippen LogP contribution in [0.5, 0.6) is 5.75 Å². The number of amides is 1. The van der Waals surface area contributed by atoms with Crippen LogP contribution in [0.3, 0.4) is 0 Å². The highest BCUT2D eigenvalue weighted by molar-refractivity contribution is 7.89. The van der Waals surface area contributed by atoms with Gasteiger partial charge >= 0.3 is 0 Å². The Labute approximate surface area is 198 Å². The van der Waals surface area contributed by atoms with Gasteiger partial charge < -0.3 is 10.1 Å². The fourth-order valence-corrected chi connectivity index (χ4v) is 6.00. The van der Waals surface area contributed by atoms with E-state index in [1.165, 1.54) is 15.6 Å².